The van der Waals surface area contributed by atoms with E-state index < -0.39 is 0 Å². The highest BCUT2D eigenvalue weighted by Gasteiger charge is 2.62. The molecule has 30 heavy (non-hydrogen) atoms. The molecule has 3 aliphatic heterocycles. The van der Waals surface area contributed by atoms with Crippen molar-refractivity contribution in [2.45, 2.75) is 31.7 Å². The molecule has 0 unspecified atom stereocenters. The van der Waals surface area contributed by atoms with Crippen LogP contribution in [0.4, 0.5) is 5.82 Å². The fourth-order valence-corrected chi connectivity index (χ4v) is 5.90. The van der Waals surface area contributed by atoms with Crippen LogP contribution in [0.3, 0.4) is 0 Å². The number of rotatable bonds is 5. The molecule has 2 N–H and O–H groups in total. The Balaban J connectivity index is 1.30. The number of H-pyrrole nitrogens is 1. The van der Waals surface area contributed by atoms with E-state index in [9.17, 15) is 5.11 Å². The molecule has 6 rings (SSSR count). The molecule has 3 fully saturated rings. The van der Waals surface area contributed by atoms with Gasteiger partial charge in [-0.3, -0.25) is 10.00 Å². The van der Waals surface area contributed by atoms with Crippen LogP contribution in [0.2, 0.25) is 0 Å². The summed E-state index contributed by atoms with van der Waals surface area (Å²) in [6, 6.07) is 1.95. The Morgan fingerprint density at radius 1 is 1.27 bits per heavy atom. The van der Waals surface area contributed by atoms with Gasteiger partial charge >= 0.3 is 0 Å². The van der Waals surface area contributed by atoms with E-state index in [4.69, 9.17) is 4.74 Å². The molecule has 3 aliphatic rings. The summed E-state index contributed by atoms with van der Waals surface area (Å²) < 4.78 is 8.83. The summed E-state index contributed by atoms with van der Waals surface area (Å²) in [5, 5.41) is 18.5. The number of hydrogen-bond acceptors (Lipinski definition) is 7. The van der Waals surface area contributed by atoms with Gasteiger partial charge in [-0.1, -0.05) is 0 Å². The molecule has 0 radical (unpaired) electrons. The maximum absolute atomic E-state index is 10.2. The zero-order chi connectivity index (χ0) is 20.3. The van der Waals surface area contributed by atoms with Crippen molar-refractivity contribution in [2.24, 2.45) is 11.8 Å². The van der Waals surface area contributed by atoms with Crippen LogP contribution in [0.25, 0.3) is 10.9 Å². The molecule has 9 heteroatoms. The van der Waals surface area contributed by atoms with Gasteiger partial charge in [0.15, 0.2) is 0 Å². The molecule has 2 bridgehead atoms. The number of imidazole rings is 1. The molecular weight excluding hydrogens is 382 g/mol. The van der Waals surface area contributed by atoms with Crippen molar-refractivity contribution in [3.8, 4) is 0 Å². The molecule has 3 saturated heterocycles. The zero-order valence-electron chi connectivity index (χ0n) is 17.1. The molecule has 158 valence electrons. The van der Waals surface area contributed by atoms with E-state index in [0.29, 0.717) is 5.92 Å². The van der Waals surface area contributed by atoms with Crippen LogP contribution in [0.1, 0.15) is 12.7 Å². The standard InChI is InChI=1S/C21H27N7O2/c1-2-27-6-5-22-19(27)10-26-8-16-15(11-29)18-9-28(13-21(16,12-26)30-18)20-14-7-24-25-17(14)3-4-23-20/h3-7,15-16,18,29H,2,8-13H2,1H3,(H,24,25)/t15-,16+,18+,21-/m0/s1. The minimum Gasteiger partial charge on any atom is -0.396 e. The first-order chi connectivity index (χ1) is 14.7. The van der Waals surface area contributed by atoms with Gasteiger partial charge in [-0.15, -0.1) is 0 Å². The monoisotopic (exact) mass is 409 g/mol. The summed E-state index contributed by atoms with van der Waals surface area (Å²) in [4.78, 5) is 14.0. The van der Waals surface area contributed by atoms with E-state index in [2.05, 4.69) is 41.5 Å². The molecule has 0 saturated carbocycles. The normalized spacial score (nSPS) is 31.0. The largest absolute Gasteiger partial charge is 0.396 e. The molecule has 0 aromatic carbocycles. The molecule has 9 nitrogen and oxygen atoms in total. The minimum absolute atomic E-state index is 0.0254. The third-order valence-electron chi connectivity index (χ3n) is 7.23. The summed E-state index contributed by atoms with van der Waals surface area (Å²) in [5.41, 5.74) is 0.708. The number of aliphatic hydroxyl groups excluding tert-OH is 1. The molecule has 1 spiro atoms. The molecular formula is C21H27N7O2. The number of aromatic amines is 1. The SMILES string of the molecule is CCn1ccnc1CN1C[C@@H]2[C@H](CO)[C@H]3CN(c4nccc5[nH]ncc45)C[C@]2(C1)O3. The number of nitrogens with one attached hydrogen (secondary N) is 1. The number of aliphatic hydroxyl groups is 1. The lowest BCUT2D eigenvalue weighted by atomic mass is 9.83. The number of hydrogen-bond donors (Lipinski definition) is 2. The molecule has 3 aromatic heterocycles. The quantitative estimate of drug-likeness (QED) is 0.646. The van der Waals surface area contributed by atoms with Crippen LogP contribution in [-0.2, 0) is 17.8 Å². The lowest BCUT2D eigenvalue weighted by molar-refractivity contribution is -0.0648. The lowest BCUT2D eigenvalue weighted by Crippen LogP contribution is -2.54. The Hall–Kier alpha value is -2.49. The number of aromatic nitrogens is 5. The van der Waals surface area contributed by atoms with Gasteiger partial charge in [0.05, 0.1) is 36.3 Å². The fourth-order valence-electron chi connectivity index (χ4n) is 5.90. The number of anilines is 1. The molecule has 4 atom stereocenters. The van der Waals surface area contributed by atoms with Crippen LogP contribution in [0.5, 0.6) is 0 Å². The van der Waals surface area contributed by atoms with Gasteiger partial charge in [-0.2, -0.15) is 5.10 Å². The highest BCUT2D eigenvalue weighted by Crippen LogP contribution is 2.50. The van der Waals surface area contributed by atoms with Crippen LogP contribution in [-0.4, -0.2) is 79.2 Å². The number of nitrogens with zero attached hydrogens (tertiary/aromatic N) is 6. The predicted molar refractivity (Wildman–Crippen MR) is 111 cm³/mol. The number of aryl methyl sites for hydroxylation is 1. The van der Waals surface area contributed by atoms with Gasteiger partial charge in [0.2, 0.25) is 0 Å². The molecule has 0 aliphatic carbocycles. The second kappa shape index (κ2) is 6.76. The van der Waals surface area contributed by atoms with Crippen molar-refractivity contribution in [3.63, 3.8) is 0 Å². The van der Waals surface area contributed by atoms with Gasteiger partial charge in [0, 0.05) is 63.2 Å². The smallest absolute Gasteiger partial charge is 0.139 e. The highest BCUT2D eigenvalue weighted by molar-refractivity contribution is 5.89. The van der Waals surface area contributed by atoms with Crippen LogP contribution in [0.15, 0.2) is 30.9 Å². The van der Waals surface area contributed by atoms with Crippen molar-refractivity contribution < 1.29 is 9.84 Å². The molecule has 0 amide bonds. The number of ether oxygens (including phenoxy) is 1. The second-order valence-electron chi connectivity index (χ2n) is 8.82. The Morgan fingerprint density at radius 2 is 2.20 bits per heavy atom. The van der Waals surface area contributed by atoms with E-state index in [0.717, 1.165) is 61.8 Å². The van der Waals surface area contributed by atoms with E-state index in [1.165, 1.54) is 0 Å². The maximum atomic E-state index is 10.2. The van der Waals surface area contributed by atoms with Gasteiger partial charge < -0.3 is 19.3 Å². The van der Waals surface area contributed by atoms with Crippen molar-refractivity contribution in [1.29, 1.82) is 0 Å². The van der Waals surface area contributed by atoms with Crippen LogP contribution in [0, 0.1) is 11.8 Å². The Bertz CT molecular complexity index is 1060. The van der Waals surface area contributed by atoms with Crippen molar-refractivity contribution in [1.82, 2.24) is 29.6 Å². The summed E-state index contributed by atoms with van der Waals surface area (Å²) in [6.45, 7) is 7.33. The van der Waals surface area contributed by atoms with Crippen molar-refractivity contribution >= 4 is 16.7 Å². The molecule has 3 aromatic rings. The summed E-state index contributed by atoms with van der Waals surface area (Å²) in [5.74, 6) is 2.50. The van der Waals surface area contributed by atoms with E-state index in [1.807, 2.05) is 30.9 Å². The van der Waals surface area contributed by atoms with Crippen molar-refractivity contribution in [2.75, 3.05) is 37.7 Å². The van der Waals surface area contributed by atoms with E-state index in [1.54, 1.807) is 0 Å². The number of likely N-dealkylation sites (tertiary alicyclic amines) is 1. The van der Waals surface area contributed by atoms with Crippen LogP contribution >= 0.6 is 0 Å². The first kappa shape index (κ1) is 18.3. The third-order valence-corrected chi connectivity index (χ3v) is 7.23. The van der Waals surface area contributed by atoms with Crippen LogP contribution < -0.4 is 4.90 Å². The number of pyridine rings is 1. The Morgan fingerprint density at radius 3 is 3.07 bits per heavy atom. The second-order valence-corrected chi connectivity index (χ2v) is 8.82. The van der Waals surface area contributed by atoms with Gasteiger partial charge in [0.1, 0.15) is 17.2 Å². The summed E-state index contributed by atoms with van der Waals surface area (Å²) >= 11 is 0. The molecule has 6 heterocycles. The average molecular weight is 409 g/mol. The number of morpholine rings is 1. The first-order valence-corrected chi connectivity index (χ1v) is 10.7. The zero-order valence-corrected chi connectivity index (χ0v) is 17.1. The van der Waals surface area contributed by atoms with Gasteiger partial charge in [0.25, 0.3) is 0 Å². The third kappa shape index (κ3) is 2.62. The topological polar surface area (TPSA) is 95.3 Å². The average Bonchev–Trinajstić information content (AvgIpc) is 3.50. The lowest BCUT2D eigenvalue weighted by Gasteiger charge is -2.41. The first-order valence-electron chi connectivity index (χ1n) is 10.7. The predicted octanol–water partition coefficient (Wildman–Crippen LogP) is 0.872. The Kier molecular flexibility index (Phi) is 4.12. The summed E-state index contributed by atoms with van der Waals surface area (Å²) in [7, 11) is 0. The van der Waals surface area contributed by atoms with Gasteiger partial charge in [-0.05, 0) is 13.0 Å². The summed E-state index contributed by atoms with van der Waals surface area (Å²) in [6.07, 6.45) is 7.61. The van der Waals surface area contributed by atoms with Gasteiger partial charge in [-0.25, -0.2) is 9.97 Å². The maximum Gasteiger partial charge on any atom is 0.139 e. The van der Waals surface area contributed by atoms with E-state index in [-0.39, 0.29) is 24.2 Å². The minimum atomic E-state index is -0.284. The fraction of sp³-hybridized carbons (Fsp3) is 0.571. The highest BCUT2D eigenvalue weighted by atomic mass is 16.5. The number of fused-ring (bicyclic) bond motifs is 2. The van der Waals surface area contributed by atoms with Crippen molar-refractivity contribution in [3.05, 3.63) is 36.7 Å². The Labute approximate surface area is 174 Å². The van der Waals surface area contributed by atoms with E-state index >= 15 is 0 Å².